The zero-order valence-corrected chi connectivity index (χ0v) is 14.5. The average molecular weight is 346 g/mol. The topological polar surface area (TPSA) is 63.2 Å². The standard InChI is InChI=1S/C15H23N3O2S.ClH/c1-10(11-2-5-16-6-3-11)8-14(19)18-15-17-12-4-7-20-9-13(12)21-15;/h10-11,16H,2-9H2,1H3,(H,17,18,19);1H. The van der Waals surface area contributed by atoms with Crippen molar-refractivity contribution in [2.45, 2.75) is 39.2 Å². The van der Waals surface area contributed by atoms with Gasteiger partial charge in [-0.1, -0.05) is 18.3 Å². The summed E-state index contributed by atoms with van der Waals surface area (Å²) in [6.45, 7) is 5.72. The van der Waals surface area contributed by atoms with Crippen LogP contribution in [0.3, 0.4) is 0 Å². The van der Waals surface area contributed by atoms with Crippen LogP contribution in [0.5, 0.6) is 0 Å². The highest BCUT2D eigenvalue weighted by Crippen LogP contribution is 2.28. The molecule has 22 heavy (non-hydrogen) atoms. The van der Waals surface area contributed by atoms with E-state index in [1.54, 1.807) is 11.3 Å². The molecule has 7 heteroatoms. The third kappa shape index (κ3) is 4.41. The number of hydrogen-bond donors (Lipinski definition) is 2. The Morgan fingerprint density at radius 2 is 2.27 bits per heavy atom. The first-order valence-electron chi connectivity index (χ1n) is 7.79. The van der Waals surface area contributed by atoms with Gasteiger partial charge in [-0.25, -0.2) is 4.98 Å². The third-order valence-electron chi connectivity index (χ3n) is 4.44. The van der Waals surface area contributed by atoms with Crippen molar-refractivity contribution in [3.63, 3.8) is 0 Å². The number of fused-ring (bicyclic) bond motifs is 1. The van der Waals surface area contributed by atoms with Crippen LogP contribution in [0.15, 0.2) is 0 Å². The maximum Gasteiger partial charge on any atom is 0.226 e. The number of nitrogens with zero attached hydrogens (tertiary/aromatic N) is 1. The molecule has 2 aliphatic rings. The van der Waals surface area contributed by atoms with Crippen molar-refractivity contribution in [2.75, 3.05) is 25.0 Å². The summed E-state index contributed by atoms with van der Waals surface area (Å²) in [6, 6.07) is 0. The molecule has 5 nitrogen and oxygen atoms in total. The normalized spacial score (nSPS) is 19.9. The predicted octanol–water partition coefficient (Wildman–Crippen LogP) is 2.60. The predicted molar refractivity (Wildman–Crippen MR) is 90.7 cm³/mol. The molecule has 0 saturated carbocycles. The number of carbonyl (C=O) groups excluding carboxylic acids is 1. The zero-order valence-electron chi connectivity index (χ0n) is 12.9. The van der Waals surface area contributed by atoms with Gasteiger partial charge in [-0.2, -0.15) is 0 Å². The van der Waals surface area contributed by atoms with Gasteiger partial charge in [-0.05, 0) is 37.8 Å². The monoisotopic (exact) mass is 345 g/mol. The Hall–Kier alpha value is -0.690. The van der Waals surface area contributed by atoms with Crippen LogP contribution in [0.1, 0.15) is 36.8 Å². The Morgan fingerprint density at radius 3 is 3.00 bits per heavy atom. The van der Waals surface area contributed by atoms with E-state index < -0.39 is 0 Å². The Labute approximate surface area is 141 Å². The molecule has 1 amide bonds. The summed E-state index contributed by atoms with van der Waals surface area (Å²) >= 11 is 1.55. The minimum Gasteiger partial charge on any atom is -0.375 e. The molecule has 2 N–H and O–H groups in total. The van der Waals surface area contributed by atoms with Crippen molar-refractivity contribution in [1.29, 1.82) is 0 Å². The number of nitrogens with one attached hydrogen (secondary N) is 2. The first-order valence-corrected chi connectivity index (χ1v) is 8.61. The minimum absolute atomic E-state index is 0. The first kappa shape index (κ1) is 17.7. The fraction of sp³-hybridized carbons (Fsp3) is 0.733. The third-order valence-corrected chi connectivity index (χ3v) is 5.42. The van der Waals surface area contributed by atoms with Gasteiger partial charge in [0.1, 0.15) is 0 Å². The minimum atomic E-state index is 0. The second kappa shape index (κ2) is 8.24. The van der Waals surface area contributed by atoms with Crippen LogP contribution in [0.4, 0.5) is 5.13 Å². The number of aromatic nitrogens is 1. The van der Waals surface area contributed by atoms with Crippen molar-refractivity contribution < 1.29 is 9.53 Å². The van der Waals surface area contributed by atoms with Crippen LogP contribution in [-0.2, 0) is 22.6 Å². The first-order chi connectivity index (χ1) is 10.2. The van der Waals surface area contributed by atoms with E-state index in [1.165, 1.54) is 12.8 Å². The molecular weight excluding hydrogens is 322 g/mol. The van der Waals surface area contributed by atoms with E-state index in [-0.39, 0.29) is 18.3 Å². The molecular formula is C15H24ClN3O2S. The van der Waals surface area contributed by atoms with Crippen LogP contribution in [0.25, 0.3) is 0 Å². The highest BCUT2D eigenvalue weighted by Gasteiger charge is 2.23. The van der Waals surface area contributed by atoms with E-state index in [4.69, 9.17) is 4.74 Å². The van der Waals surface area contributed by atoms with Gasteiger partial charge in [0.15, 0.2) is 5.13 Å². The van der Waals surface area contributed by atoms with Gasteiger partial charge >= 0.3 is 0 Å². The summed E-state index contributed by atoms with van der Waals surface area (Å²) in [4.78, 5) is 17.8. The maximum atomic E-state index is 12.2. The van der Waals surface area contributed by atoms with E-state index in [1.807, 2.05) is 0 Å². The number of ether oxygens (including phenoxy) is 1. The highest BCUT2D eigenvalue weighted by atomic mass is 35.5. The zero-order chi connectivity index (χ0) is 14.7. The second-order valence-corrected chi connectivity index (χ2v) is 7.09. The molecule has 1 saturated heterocycles. The number of amides is 1. The molecule has 1 unspecified atom stereocenters. The number of halogens is 1. The van der Waals surface area contributed by atoms with Crippen molar-refractivity contribution in [2.24, 2.45) is 11.8 Å². The number of hydrogen-bond acceptors (Lipinski definition) is 5. The summed E-state index contributed by atoms with van der Waals surface area (Å²) in [5.41, 5.74) is 1.09. The Balaban J connectivity index is 0.00000176. The summed E-state index contributed by atoms with van der Waals surface area (Å²) in [6.07, 6.45) is 3.80. The molecule has 0 bridgehead atoms. The van der Waals surface area contributed by atoms with Gasteiger partial charge in [0.05, 0.1) is 23.8 Å². The molecule has 1 aromatic rings. The number of rotatable bonds is 4. The van der Waals surface area contributed by atoms with Crippen LogP contribution in [0, 0.1) is 11.8 Å². The second-order valence-electron chi connectivity index (χ2n) is 6.01. The van der Waals surface area contributed by atoms with E-state index in [0.717, 1.165) is 41.8 Å². The van der Waals surface area contributed by atoms with Gasteiger partial charge in [-0.3, -0.25) is 4.79 Å². The highest BCUT2D eigenvalue weighted by molar-refractivity contribution is 7.15. The molecule has 1 atom stereocenters. The van der Waals surface area contributed by atoms with Gasteiger partial charge in [0.25, 0.3) is 0 Å². The molecule has 0 radical (unpaired) electrons. The van der Waals surface area contributed by atoms with E-state index in [2.05, 4.69) is 22.5 Å². The number of anilines is 1. The van der Waals surface area contributed by atoms with Gasteiger partial charge in [0.2, 0.25) is 5.91 Å². The molecule has 3 heterocycles. The van der Waals surface area contributed by atoms with Gasteiger partial charge < -0.3 is 15.4 Å². The molecule has 124 valence electrons. The molecule has 2 aliphatic heterocycles. The number of thiazole rings is 1. The fourth-order valence-corrected chi connectivity index (χ4v) is 4.08. The fourth-order valence-electron chi connectivity index (χ4n) is 3.12. The average Bonchev–Trinajstić information content (AvgIpc) is 2.90. The van der Waals surface area contributed by atoms with Crippen LogP contribution < -0.4 is 10.6 Å². The summed E-state index contributed by atoms with van der Waals surface area (Å²) in [5.74, 6) is 1.19. The SMILES string of the molecule is CC(CC(=O)Nc1nc2c(s1)COCC2)C1CCNCC1.Cl. The molecule has 3 rings (SSSR count). The molecule has 1 aromatic heterocycles. The molecule has 0 aromatic carbocycles. The Bertz CT molecular complexity index is 479. The lowest BCUT2D eigenvalue weighted by Gasteiger charge is -2.27. The van der Waals surface area contributed by atoms with E-state index in [9.17, 15) is 4.79 Å². The van der Waals surface area contributed by atoms with Crippen molar-refractivity contribution >= 4 is 34.8 Å². The van der Waals surface area contributed by atoms with Crippen LogP contribution >= 0.6 is 23.7 Å². The smallest absolute Gasteiger partial charge is 0.226 e. The Morgan fingerprint density at radius 1 is 1.50 bits per heavy atom. The van der Waals surface area contributed by atoms with Crippen molar-refractivity contribution in [1.82, 2.24) is 10.3 Å². The molecule has 0 spiro atoms. The lowest BCUT2D eigenvalue weighted by molar-refractivity contribution is -0.117. The molecule has 1 fully saturated rings. The quantitative estimate of drug-likeness (QED) is 0.880. The van der Waals surface area contributed by atoms with Crippen LogP contribution in [0.2, 0.25) is 0 Å². The van der Waals surface area contributed by atoms with Gasteiger partial charge in [0, 0.05) is 12.8 Å². The number of carbonyl (C=O) groups is 1. The largest absolute Gasteiger partial charge is 0.375 e. The Kier molecular flexibility index (Phi) is 6.62. The molecule has 0 aliphatic carbocycles. The lowest BCUT2D eigenvalue weighted by Crippen LogP contribution is -2.32. The lowest BCUT2D eigenvalue weighted by atomic mass is 9.84. The number of piperidine rings is 1. The van der Waals surface area contributed by atoms with Crippen LogP contribution in [-0.4, -0.2) is 30.6 Å². The van der Waals surface area contributed by atoms with E-state index >= 15 is 0 Å². The summed E-state index contributed by atoms with van der Waals surface area (Å²) < 4.78 is 5.41. The van der Waals surface area contributed by atoms with Crippen molar-refractivity contribution in [3.8, 4) is 0 Å². The van der Waals surface area contributed by atoms with Gasteiger partial charge in [-0.15, -0.1) is 12.4 Å². The summed E-state index contributed by atoms with van der Waals surface area (Å²) in [5, 5.41) is 7.07. The maximum absolute atomic E-state index is 12.2. The summed E-state index contributed by atoms with van der Waals surface area (Å²) in [7, 11) is 0. The van der Waals surface area contributed by atoms with E-state index in [0.29, 0.717) is 24.9 Å². The van der Waals surface area contributed by atoms with Crippen molar-refractivity contribution in [3.05, 3.63) is 10.6 Å².